The highest BCUT2D eigenvalue weighted by Gasteiger charge is 2.41. The lowest BCUT2D eigenvalue weighted by atomic mass is 9.82. The molecule has 2 aromatic rings. The van der Waals surface area contributed by atoms with E-state index in [9.17, 15) is 14.7 Å². The zero-order valence-corrected chi connectivity index (χ0v) is 19.9. The lowest BCUT2D eigenvalue weighted by Gasteiger charge is -2.33. The predicted octanol–water partition coefficient (Wildman–Crippen LogP) is 5.05. The van der Waals surface area contributed by atoms with Crippen LogP contribution in [0.3, 0.4) is 0 Å². The van der Waals surface area contributed by atoms with Crippen LogP contribution in [0.25, 0.3) is 11.0 Å². The SMILES string of the molecule is CCCCCN(CCCOC)C(=O)C(C)(CCC(=O)O)c1nc2cc(Cl)c(Cl)cc2[nH]1. The maximum absolute atomic E-state index is 13.8. The van der Waals surface area contributed by atoms with E-state index in [2.05, 4.69) is 16.9 Å². The number of benzene rings is 1. The molecule has 0 saturated carbocycles. The summed E-state index contributed by atoms with van der Waals surface area (Å²) in [5.41, 5.74) is 0.0988. The topological polar surface area (TPSA) is 95.5 Å². The largest absolute Gasteiger partial charge is 0.481 e. The number of halogens is 2. The normalized spacial score (nSPS) is 13.3. The molecule has 1 heterocycles. The number of methoxy groups -OCH3 is 1. The second kappa shape index (κ2) is 11.7. The second-order valence-corrected chi connectivity index (χ2v) is 8.75. The van der Waals surface area contributed by atoms with Gasteiger partial charge in [0.1, 0.15) is 11.2 Å². The van der Waals surface area contributed by atoms with Crippen molar-refractivity contribution >= 4 is 46.1 Å². The molecular weight excluding hydrogens is 441 g/mol. The Hall–Kier alpha value is -1.83. The number of carbonyl (C=O) groups excluding carboxylic acids is 1. The van der Waals surface area contributed by atoms with Crippen molar-refractivity contribution in [2.75, 3.05) is 26.8 Å². The summed E-state index contributed by atoms with van der Waals surface area (Å²) in [6.45, 7) is 5.56. The zero-order valence-electron chi connectivity index (χ0n) is 18.3. The molecule has 1 unspecified atom stereocenters. The number of hydrogen-bond acceptors (Lipinski definition) is 4. The van der Waals surface area contributed by atoms with Gasteiger partial charge in [-0.1, -0.05) is 43.0 Å². The standard InChI is InChI=1S/C22H31Cl2N3O4/c1-4-5-6-10-27(11-7-12-31-3)21(30)22(2,9-8-19(28)29)20-25-17-13-15(23)16(24)14-18(17)26-20/h13-14H,4-12H2,1-3H3,(H,25,26)(H,28,29). The van der Waals surface area contributed by atoms with Crippen LogP contribution in [0.15, 0.2) is 12.1 Å². The molecule has 0 aliphatic rings. The summed E-state index contributed by atoms with van der Waals surface area (Å²) in [6, 6.07) is 3.30. The first-order chi connectivity index (χ1) is 14.7. The van der Waals surface area contributed by atoms with E-state index >= 15 is 0 Å². The smallest absolute Gasteiger partial charge is 0.303 e. The minimum absolute atomic E-state index is 0.122. The van der Waals surface area contributed by atoms with Crippen molar-refractivity contribution in [1.29, 1.82) is 0 Å². The van der Waals surface area contributed by atoms with E-state index in [0.717, 1.165) is 19.3 Å². The molecule has 172 valence electrons. The van der Waals surface area contributed by atoms with Crippen molar-refractivity contribution in [1.82, 2.24) is 14.9 Å². The quantitative estimate of drug-likeness (QED) is 0.398. The monoisotopic (exact) mass is 471 g/mol. The van der Waals surface area contributed by atoms with Gasteiger partial charge in [-0.05, 0) is 38.3 Å². The Labute approximate surface area is 193 Å². The van der Waals surface area contributed by atoms with E-state index in [1.165, 1.54) is 0 Å². The number of ether oxygens (including phenoxy) is 1. The minimum atomic E-state index is -1.13. The molecule has 1 atom stereocenters. The summed E-state index contributed by atoms with van der Waals surface area (Å²) >= 11 is 12.2. The predicted molar refractivity (Wildman–Crippen MR) is 123 cm³/mol. The number of imidazole rings is 1. The number of nitrogens with one attached hydrogen (secondary N) is 1. The number of amides is 1. The van der Waals surface area contributed by atoms with Crippen molar-refractivity contribution in [3.05, 3.63) is 28.0 Å². The Morgan fingerprint density at radius 2 is 1.87 bits per heavy atom. The van der Waals surface area contributed by atoms with Crippen LogP contribution < -0.4 is 0 Å². The van der Waals surface area contributed by atoms with Gasteiger partial charge in [0.25, 0.3) is 0 Å². The molecule has 1 aromatic carbocycles. The molecule has 0 saturated heterocycles. The number of rotatable bonds is 13. The number of carbonyl (C=O) groups is 2. The summed E-state index contributed by atoms with van der Waals surface area (Å²) in [5.74, 6) is -0.685. The summed E-state index contributed by atoms with van der Waals surface area (Å²) in [4.78, 5) is 34.7. The highest BCUT2D eigenvalue weighted by atomic mass is 35.5. The number of carboxylic acids is 1. The lowest BCUT2D eigenvalue weighted by Crippen LogP contribution is -2.47. The van der Waals surface area contributed by atoms with E-state index in [4.69, 9.17) is 27.9 Å². The summed E-state index contributed by atoms with van der Waals surface area (Å²) in [6.07, 6.45) is 3.62. The first-order valence-corrected chi connectivity index (χ1v) is 11.3. The summed E-state index contributed by atoms with van der Waals surface area (Å²) in [7, 11) is 1.63. The molecule has 0 bridgehead atoms. The van der Waals surface area contributed by atoms with Gasteiger partial charge in [-0.15, -0.1) is 0 Å². The fraction of sp³-hybridized carbons (Fsp3) is 0.591. The number of hydrogen-bond donors (Lipinski definition) is 2. The zero-order chi connectivity index (χ0) is 23.0. The third-order valence-electron chi connectivity index (χ3n) is 5.45. The van der Waals surface area contributed by atoms with Crippen LogP contribution in [0.1, 0.15) is 58.2 Å². The second-order valence-electron chi connectivity index (χ2n) is 7.94. The highest BCUT2D eigenvalue weighted by Crippen LogP contribution is 2.33. The number of aromatic nitrogens is 2. The van der Waals surface area contributed by atoms with Gasteiger partial charge in [-0.2, -0.15) is 0 Å². The maximum Gasteiger partial charge on any atom is 0.303 e. The van der Waals surface area contributed by atoms with Crippen LogP contribution in [0.4, 0.5) is 0 Å². The average Bonchev–Trinajstić information content (AvgIpc) is 3.14. The van der Waals surface area contributed by atoms with Gasteiger partial charge in [0, 0.05) is 33.2 Å². The molecular formula is C22H31Cl2N3O4. The highest BCUT2D eigenvalue weighted by molar-refractivity contribution is 6.42. The van der Waals surface area contributed by atoms with Gasteiger partial charge in [0.15, 0.2) is 0 Å². The number of H-pyrrole nitrogens is 1. The third-order valence-corrected chi connectivity index (χ3v) is 6.17. The Morgan fingerprint density at radius 1 is 1.19 bits per heavy atom. The number of nitrogens with zero attached hydrogens (tertiary/aromatic N) is 2. The average molecular weight is 472 g/mol. The van der Waals surface area contributed by atoms with Gasteiger partial charge in [-0.3, -0.25) is 9.59 Å². The summed E-state index contributed by atoms with van der Waals surface area (Å²) in [5, 5.41) is 10.0. The van der Waals surface area contributed by atoms with Crippen LogP contribution in [0, 0.1) is 0 Å². The fourth-order valence-electron chi connectivity index (χ4n) is 3.57. The Morgan fingerprint density at radius 3 is 2.52 bits per heavy atom. The minimum Gasteiger partial charge on any atom is -0.481 e. The molecule has 0 aliphatic heterocycles. The first-order valence-electron chi connectivity index (χ1n) is 10.6. The number of carboxylic acid groups (broad SMARTS) is 1. The number of aliphatic carboxylic acids is 1. The van der Waals surface area contributed by atoms with Crippen molar-refractivity contribution in [2.24, 2.45) is 0 Å². The first kappa shape index (κ1) is 25.4. The van der Waals surface area contributed by atoms with Crippen molar-refractivity contribution in [2.45, 2.75) is 57.8 Å². The Kier molecular flexibility index (Phi) is 9.59. The van der Waals surface area contributed by atoms with Crippen LogP contribution >= 0.6 is 23.2 Å². The van der Waals surface area contributed by atoms with Crippen molar-refractivity contribution < 1.29 is 19.4 Å². The van der Waals surface area contributed by atoms with E-state index in [1.807, 2.05) is 4.90 Å². The van der Waals surface area contributed by atoms with E-state index < -0.39 is 11.4 Å². The van der Waals surface area contributed by atoms with E-state index in [1.54, 1.807) is 26.2 Å². The van der Waals surface area contributed by atoms with Crippen LogP contribution in [-0.4, -0.2) is 58.7 Å². The van der Waals surface area contributed by atoms with E-state index in [-0.39, 0.29) is 18.7 Å². The van der Waals surface area contributed by atoms with Gasteiger partial charge < -0.3 is 19.7 Å². The lowest BCUT2D eigenvalue weighted by molar-refractivity contribution is -0.140. The molecule has 0 radical (unpaired) electrons. The van der Waals surface area contributed by atoms with E-state index in [0.29, 0.717) is 53.0 Å². The van der Waals surface area contributed by atoms with Gasteiger partial charge in [-0.25, -0.2) is 4.98 Å². The summed E-state index contributed by atoms with van der Waals surface area (Å²) < 4.78 is 5.15. The molecule has 7 nitrogen and oxygen atoms in total. The molecule has 0 fully saturated rings. The third kappa shape index (κ3) is 6.57. The van der Waals surface area contributed by atoms with Gasteiger partial charge >= 0.3 is 5.97 Å². The van der Waals surface area contributed by atoms with Crippen LogP contribution in [-0.2, 0) is 19.7 Å². The van der Waals surface area contributed by atoms with Crippen molar-refractivity contribution in [3.63, 3.8) is 0 Å². The number of aromatic amines is 1. The molecule has 9 heteroatoms. The number of unbranched alkanes of at least 4 members (excludes halogenated alkanes) is 2. The molecule has 2 rings (SSSR count). The molecule has 1 amide bonds. The number of fused-ring (bicyclic) bond motifs is 1. The van der Waals surface area contributed by atoms with Crippen molar-refractivity contribution in [3.8, 4) is 0 Å². The van der Waals surface area contributed by atoms with Crippen LogP contribution in [0.5, 0.6) is 0 Å². The Balaban J connectivity index is 2.42. The molecule has 1 aromatic heterocycles. The Bertz CT molecular complexity index is 853. The molecule has 31 heavy (non-hydrogen) atoms. The van der Waals surface area contributed by atoms with Gasteiger partial charge in [0.05, 0.1) is 21.1 Å². The van der Waals surface area contributed by atoms with Crippen LogP contribution in [0.2, 0.25) is 10.0 Å². The van der Waals surface area contributed by atoms with Gasteiger partial charge in [0.2, 0.25) is 5.91 Å². The fourth-order valence-corrected chi connectivity index (χ4v) is 3.89. The maximum atomic E-state index is 13.8. The molecule has 2 N–H and O–H groups in total. The molecule has 0 spiro atoms. The molecule has 0 aliphatic carbocycles.